The summed E-state index contributed by atoms with van der Waals surface area (Å²) in [5.41, 5.74) is 0.807. The summed E-state index contributed by atoms with van der Waals surface area (Å²) in [4.78, 5) is 23.2. The Balaban J connectivity index is 2.93. The molecule has 0 heterocycles. The van der Waals surface area contributed by atoms with E-state index in [1.54, 1.807) is 0 Å². The van der Waals surface area contributed by atoms with Crippen LogP contribution in [-0.4, -0.2) is 52.8 Å². The zero-order valence-electron chi connectivity index (χ0n) is 13.3. The molecule has 25 heavy (non-hydrogen) atoms. The van der Waals surface area contributed by atoms with Crippen molar-refractivity contribution < 1.29 is 38.1 Å². The molecule has 0 bridgehead atoms. The van der Waals surface area contributed by atoms with Crippen LogP contribution in [0.2, 0.25) is 0 Å². The molecule has 1 rings (SSSR count). The number of nitrogens with one attached hydrogen (secondary N) is 1. The van der Waals surface area contributed by atoms with Crippen LogP contribution in [0.3, 0.4) is 0 Å². The van der Waals surface area contributed by atoms with E-state index in [1.807, 2.05) is 0 Å². The van der Waals surface area contributed by atoms with Gasteiger partial charge in [-0.1, -0.05) is 6.07 Å². The van der Waals surface area contributed by atoms with E-state index in [-0.39, 0.29) is 25.1 Å². The lowest BCUT2D eigenvalue weighted by Crippen LogP contribution is -2.29. The Kier molecular flexibility index (Phi) is 8.01. The zero-order chi connectivity index (χ0) is 19.0. The molecule has 0 unspecified atom stereocenters. The minimum Gasteiger partial charge on any atom is -0.508 e. The number of carbonyl (C=O) groups excluding carboxylic acids is 2. The van der Waals surface area contributed by atoms with Crippen LogP contribution in [0.1, 0.15) is 17.5 Å². The molecule has 0 fully saturated rings. The van der Waals surface area contributed by atoms with Crippen LogP contribution in [0.5, 0.6) is 5.75 Å². The third kappa shape index (κ3) is 7.63. The van der Waals surface area contributed by atoms with E-state index in [0.29, 0.717) is 11.1 Å². The molecule has 0 radical (unpaired) electrons. The summed E-state index contributed by atoms with van der Waals surface area (Å²) in [5.74, 6) is -2.24. The summed E-state index contributed by atoms with van der Waals surface area (Å²) in [6.07, 6.45) is -4.68. The molecule has 140 valence electrons. The lowest BCUT2D eigenvalue weighted by Gasteiger charge is -2.17. The maximum Gasteiger partial charge on any atom is 0.401 e. The maximum absolute atomic E-state index is 12.2. The molecule has 0 aliphatic heterocycles. The van der Waals surface area contributed by atoms with E-state index in [0.717, 1.165) is 0 Å². The third-order valence-electron chi connectivity index (χ3n) is 3.56. The minimum atomic E-state index is -4.39. The molecule has 1 atom stereocenters. The number of benzene rings is 1. The van der Waals surface area contributed by atoms with Crippen LogP contribution in [0.4, 0.5) is 13.2 Å². The number of Topliss-reactive ketones (excluding diaryl/α,β-unsaturated/α-hetero) is 2. The van der Waals surface area contributed by atoms with Gasteiger partial charge in [0.05, 0.1) is 6.54 Å². The van der Waals surface area contributed by atoms with Gasteiger partial charge in [0, 0.05) is 18.9 Å². The van der Waals surface area contributed by atoms with Crippen molar-refractivity contribution in [3.63, 3.8) is 0 Å². The van der Waals surface area contributed by atoms with E-state index in [1.165, 1.54) is 18.2 Å². The SMILES string of the molecule is O=C(CO)C[C@H](Cc1ccc(O)cc1CNCC(F)(F)F)C(=O)CO. The molecular weight excluding hydrogens is 343 g/mol. The maximum atomic E-state index is 12.2. The van der Waals surface area contributed by atoms with Crippen molar-refractivity contribution in [3.8, 4) is 5.75 Å². The van der Waals surface area contributed by atoms with Crippen molar-refractivity contribution in [2.24, 2.45) is 5.92 Å². The highest BCUT2D eigenvalue weighted by Gasteiger charge is 2.27. The van der Waals surface area contributed by atoms with Crippen molar-refractivity contribution >= 4 is 11.6 Å². The zero-order valence-corrected chi connectivity index (χ0v) is 13.3. The van der Waals surface area contributed by atoms with Crippen LogP contribution >= 0.6 is 0 Å². The van der Waals surface area contributed by atoms with Crippen molar-refractivity contribution in [1.82, 2.24) is 5.32 Å². The highest BCUT2D eigenvalue weighted by molar-refractivity contribution is 5.89. The van der Waals surface area contributed by atoms with Gasteiger partial charge >= 0.3 is 6.18 Å². The van der Waals surface area contributed by atoms with Gasteiger partial charge in [0.25, 0.3) is 0 Å². The van der Waals surface area contributed by atoms with Crippen LogP contribution < -0.4 is 5.32 Å². The number of phenolic OH excluding ortho intramolecular Hbond substituents is 1. The average Bonchev–Trinajstić information content (AvgIpc) is 2.54. The van der Waals surface area contributed by atoms with E-state index < -0.39 is 43.4 Å². The molecule has 0 amide bonds. The lowest BCUT2D eigenvalue weighted by atomic mass is 9.88. The molecular formula is C16H20F3NO5. The van der Waals surface area contributed by atoms with Crippen LogP contribution in [0.25, 0.3) is 0 Å². The standard InChI is InChI=1S/C16H20F3NO5/c17-16(18,19)9-20-6-12-5-13(23)2-1-10(12)3-11(15(25)8-22)4-14(24)7-21/h1-2,5,11,20-23H,3-4,6-9H2/t11-/m0/s1. The molecule has 0 saturated carbocycles. The average molecular weight is 363 g/mol. The van der Waals surface area contributed by atoms with Gasteiger partial charge in [-0.25, -0.2) is 0 Å². The highest BCUT2D eigenvalue weighted by atomic mass is 19.4. The smallest absolute Gasteiger partial charge is 0.401 e. The third-order valence-corrected chi connectivity index (χ3v) is 3.56. The number of rotatable bonds is 10. The number of carbonyl (C=O) groups is 2. The first-order valence-corrected chi connectivity index (χ1v) is 7.50. The first kappa shape index (κ1) is 21.1. The summed E-state index contributed by atoms with van der Waals surface area (Å²) in [6.45, 7) is -2.95. The fourth-order valence-corrected chi connectivity index (χ4v) is 2.35. The number of aliphatic hydroxyl groups excluding tert-OH is 2. The van der Waals surface area contributed by atoms with Crippen molar-refractivity contribution in [2.75, 3.05) is 19.8 Å². The summed E-state index contributed by atoms with van der Waals surface area (Å²) >= 11 is 0. The number of alkyl halides is 3. The van der Waals surface area contributed by atoms with Gasteiger partial charge in [0.15, 0.2) is 11.6 Å². The Bertz CT molecular complexity index is 604. The Morgan fingerprint density at radius 2 is 1.80 bits per heavy atom. The highest BCUT2D eigenvalue weighted by Crippen LogP contribution is 2.22. The number of hydrogen-bond acceptors (Lipinski definition) is 6. The van der Waals surface area contributed by atoms with Gasteiger partial charge in [0.2, 0.25) is 0 Å². The van der Waals surface area contributed by atoms with E-state index in [9.17, 15) is 27.9 Å². The second kappa shape index (κ2) is 9.50. The van der Waals surface area contributed by atoms with Crippen molar-refractivity contribution in [1.29, 1.82) is 0 Å². The van der Waals surface area contributed by atoms with E-state index >= 15 is 0 Å². The molecule has 6 nitrogen and oxygen atoms in total. The van der Waals surface area contributed by atoms with Gasteiger partial charge in [-0.05, 0) is 29.7 Å². The van der Waals surface area contributed by atoms with Crippen molar-refractivity contribution in [2.45, 2.75) is 25.6 Å². The number of hydrogen-bond donors (Lipinski definition) is 4. The molecule has 1 aromatic rings. The summed E-state index contributed by atoms with van der Waals surface area (Å²) in [6, 6.07) is 4.03. The summed E-state index contributed by atoms with van der Waals surface area (Å²) in [7, 11) is 0. The van der Waals surface area contributed by atoms with Gasteiger partial charge in [-0.15, -0.1) is 0 Å². The largest absolute Gasteiger partial charge is 0.508 e. The van der Waals surface area contributed by atoms with Gasteiger partial charge in [-0.2, -0.15) is 13.2 Å². The minimum absolute atomic E-state index is 0.00551. The van der Waals surface area contributed by atoms with Gasteiger partial charge in [0.1, 0.15) is 19.0 Å². The first-order chi connectivity index (χ1) is 11.7. The lowest BCUT2D eigenvalue weighted by molar-refractivity contribution is -0.130. The molecule has 0 saturated heterocycles. The molecule has 9 heteroatoms. The molecule has 0 aliphatic rings. The fourth-order valence-electron chi connectivity index (χ4n) is 2.35. The van der Waals surface area contributed by atoms with Gasteiger partial charge < -0.3 is 20.6 Å². The number of ketones is 2. The molecule has 0 spiro atoms. The fraction of sp³-hybridized carbons (Fsp3) is 0.500. The first-order valence-electron chi connectivity index (χ1n) is 7.50. The van der Waals surface area contributed by atoms with Gasteiger partial charge in [-0.3, -0.25) is 9.59 Å². The topological polar surface area (TPSA) is 107 Å². The summed E-state index contributed by atoms with van der Waals surface area (Å²) < 4.78 is 36.7. The van der Waals surface area contributed by atoms with E-state index in [2.05, 4.69) is 5.32 Å². The predicted octanol–water partition coefficient (Wildman–Crippen LogP) is 0.716. The Hall–Kier alpha value is -1.97. The van der Waals surface area contributed by atoms with Crippen molar-refractivity contribution in [3.05, 3.63) is 29.3 Å². The predicted molar refractivity (Wildman–Crippen MR) is 81.9 cm³/mol. The number of aromatic hydroxyl groups is 1. The monoisotopic (exact) mass is 363 g/mol. The van der Waals surface area contributed by atoms with Crippen LogP contribution in [0, 0.1) is 5.92 Å². The Morgan fingerprint density at radius 1 is 1.12 bits per heavy atom. The van der Waals surface area contributed by atoms with Crippen LogP contribution in [0.15, 0.2) is 18.2 Å². The quantitative estimate of drug-likeness (QED) is 0.488. The Morgan fingerprint density at radius 3 is 2.36 bits per heavy atom. The normalized spacial score (nSPS) is 12.8. The molecule has 0 aliphatic carbocycles. The Labute approximate surface area is 142 Å². The molecule has 4 N–H and O–H groups in total. The number of halogens is 3. The number of phenols is 1. The molecule has 0 aromatic heterocycles. The summed E-state index contributed by atoms with van der Waals surface area (Å²) in [5, 5.41) is 29.6. The second-order valence-electron chi connectivity index (χ2n) is 5.60. The van der Waals surface area contributed by atoms with E-state index in [4.69, 9.17) is 10.2 Å². The second-order valence-corrected chi connectivity index (χ2v) is 5.60. The molecule has 1 aromatic carbocycles. The van der Waals surface area contributed by atoms with Crippen LogP contribution in [-0.2, 0) is 22.6 Å². The number of aliphatic hydroxyl groups is 2.